The smallest absolute Gasteiger partial charge is 0.320 e. The summed E-state index contributed by atoms with van der Waals surface area (Å²) in [4.78, 5) is 24.8. The van der Waals surface area contributed by atoms with Crippen molar-refractivity contribution >= 4 is 11.9 Å². The van der Waals surface area contributed by atoms with Crippen molar-refractivity contribution in [1.29, 1.82) is 0 Å². The Labute approximate surface area is 125 Å². The average molecular weight is 293 g/mol. The molecular weight excluding hydrogens is 270 g/mol. The molecule has 0 bridgehead atoms. The molecule has 0 aliphatic carbocycles. The highest BCUT2D eigenvalue weighted by Crippen LogP contribution is 2.19. The van der Waals surface area contributed by atoms with Gasteiger partial charge in [-0.15, -0.1) is 0 Å². The van der Waals surface area contributed by atoms with E-state index in [0.717, 1.165) is 5.56 Å². The molecular formula is C16H23NO4. The lowest BCUT2D eigenvalue weighted by atomic mass is 9.93. The van der Waals surface area contributed by atoms with Gasteiger partial charge in [0.05, 0.1) is 18.6 Å². The summed E-state index contributed by atoms with van der Waals surface area (Å²) in [6, 6.07) is 9.65. The van der Waals surface area contributed by atoms with E-state index in [-0.39, 0.29) is 19.1 Å². The van der Waals surface area contributed by atoms with Gasteiger partial charge >= 0.3 is 11.9 Å². The predicted octanol–water partition coefficient (Wildman–Crippen LogP) is 2.16. The molecule has 5 nitrogen and oxygen atoms in total. The number of carboxylic acids is 1. The molecule has 21 heavy (non-hydrogen) atoms. The van der Waals surface area contributed by atoms with Crippen molar-refractivity contribution in [3.05, 3.63) is 35.9 Å². The Hall–Kier alpha value is -1.88. The third-order valence-corrected chi connectivity index (χ3v) is 3.10. The van der Waals surface area contributed by atoms with Gasteiger partial charge in [0.25, 0.3) is 0 Å². The molecule has 0 unspecified atom stereocenters. The second-order valence-electron chi connectivity index (χ2n) is 5.62. The van der Waals surface area contributed by atoms with Crippen LogP contribution in [-0.2, 0) is 20.9 Å². The summed E-state index contributed by atoms with van der Waals surface area (Å²) in [7, 11) is 0. The lowest BCUT2D eigenvalue weighted by Gasteiger charge is -2.29. The normalized spacial score (nSPS) is 11.4. The van der Waals surface area contributed by atoms with Crippen molar-refractivity contribution in [3.8, 4) is 0 Å². The molecule has 0 aliphatic rings. The Kier molecular flexibility index (Phi) is 6.37. The van der Waals surface area contributed by atoms with Crippen LogP contribution in [0.1, 0.15) is 26.3 Å². The number of rotatable bonds is 8. The van der Waals surface area contributed by atoms with E-state index in [1.54, 1.807) is 25.7 Å². The van der Waals surface area contributed by atoms with Gasteiger partial charge in [0.15, 0.2) is 0 Å². The summed E-state index contributed by atoms with van der Waals surface area (Å²) in [6.07, 6.45) is 0. The number of carboxylic acid groups (broad SMARTS) is 1. The van der Waals surface area contributed by atoms with Crippen LogP contribution in [0, 0.1) is 5.41 Å². The molecule has 116 valence electrons. The fourth-order valence-corrected chi connectivity index (χ4v) is 2.03. The van der Waals surface area contributed by atoms with Gasteiger partial charge in [0.2, 0.25) is 0 Å². The average Bonchev–Trinajstić information content (AvgIpc) is 2.39. The molecule has 0 saturated carbocycles. The highest BCUT2D eigenvalue weighted by Gasteiger charge is 2.30. The molecule has 0 aliphatic heterocycles. The van der Waals surface area contributed by atoms with Gasteiger partial charge in [-0.05, 0) is 26.3 Å². The molecule has 1 aromatic rings. The summed E-state index contributed by atoms with van der Waals surface area (Å²) in [5.41, 5.74) is 0.101. The van der Waals surface area contributed by atoms with Gasteiger partial charge in [-0.3, -0.25) is 14.5 Å². The molecule has 0 heterocycles. The minimum absolute atomic E-state index is 0.0828. The monoisotopic (exact) mass is 293 g/mol. The maximum atomic E-state index is 11.7. The maximum absolute atomic E-state index is 11.7. The van der Waals surface area contributed by atoms with E-state index in [1.807, 2.05) is 30.3 Å². The molecule has 0 aromatic heterocycles. The van der Waals surface area contributed by atoms with Crippen LogP contribution in [0.15, 0.2) is 30.3 Å². The SMILES string of the molecule is CCOC(=O)CN(Cc1ccccc1)CC(C)(C)C(=O)O. The molecule has 0 spiro atoms. The highest BCUT2D eigenvalue weighted by atomic mass is 16.5. The van der Waals surface area contributed by atoms with E-state index < -0.39 is 11.4 Å². The van der Waals surface area contributed by atoms with Crippen molar-refractivity contribution in [2.45, 2.75) is 27.3 Å². The van der Waals surface area contributed by atoms with Gasteiger partial charge in [0, 0.05) is 13.1 Å². The topological polar surface area (TPSA) is 66.8 Å². The third-order valence-electron chi connectivity index (χ3n) is 3.10. The van der Waals surface area contributed by atoms with Gasteiger partial charge in [-0.1, -0.05) is 30.3 Å². The quantitative estimate of drug-likeness (QED) is 0.744. The number of nitrogens with zero attached hydrogens (tertiary/aromatic N) is 1. The second kappa shape index (κ2) is 7.78. The molecule has 0 radical (unpaired) electrons. The molecule has 0 amide bonds. The first-order valence-corrected chi connectivity index (χ1v) is 7.00. The van der Waals surface area contributed by atoms with E-state index in [0.29, 0.717) is 13.2 Å². The Morgan fingerprint density at radius 2 is 1.86 bits per heavy atom. The van der Waals surface area contributed by atoms with E-state index in [4.69, 9.17) is 4.74 Å². The Morgan fingerprint density at radius 3 is 2.38 bits per heavy atom. The summed E-state index contributed by atoms with van der Waals surface area (Å²) >= 11 is 0. The molecule has 0 saturated heterocycles. The van der Waals surface area contributed by atoms with E-state index in [1.165, 1.54) is 0 Å². The second-order valence-corrected chi connectivity index (χ2v) is 5.62. The zero-order valence-electron chi connectivity index (χ0n) is 12.8. The standard InChI is InChI=1S/C16H23NO4/c1-4-21-14(18)11-17(12-16(2,3)15(19)20)10-13-8-6-5-7-9-13/h5-9H,4,10-12H2,1-3H3,(H,19,20). The van der Waals surface area contributed by atoms with Crippen LogP contribution < -0.4 is 0 Å². The van der Waals surface area contributed by atoms with Crippen LogP contribution in [0.4, 0.5) is 0 Å². The molecule has 1 rings (SSSR count). The van der Waals surface area contributed by atoms with Crippen molar-refractivity contribution < 1.29 is 19.4 Å². The minimum atomic E-state index is -0.929. The minimum Gasteiger partial charge on any atom is -0.481 e. The van der Waals surface area contributed by atoms with E-state index in [2.05, 4.69) is 0 Å². The lowest BCUT2D eigenvalue weighted by molar-refractivity contribution is -0.151. The Balaban J connectivity index is 2.79. The van der Waals surface area contributed by atoms with Crippen LogP contribution in [0.25, 0.3) is 0 Å². The summed E-state index contributed by atoms with van der Waals surface area (Å²) in [5.74, 6) is -1.22. The number of hydrogen-bond donors (Lipinski definition) is 1. The summed E-state index contributed by atoms with van der Waals surface area (Å²) < 4.78 is 4.96. The first-order chi connectivity index (χ1) is 9.85. The van der Waals surface area contributed by atoms with Gasteiger partial charge in [0.1, 0.15) is 0 Å². The number of carbonyl (C=O) groups is 2. The van der Waals surface area contributed by atoms with Crippen molar-refractivity contribution in [2.24, 2.45) is 5.41 Å². The third kappa shape index (κ3) is 5.95. The molecule has 5 heteroatoms. The lowest BCUT2D eigenvalue weighted by Crippen LogP contribution is -2.41. The van der Waals surface area contributed by atoms with Crippen molar-refractivity contribution in [2.75, 3.05) is 19.7 Å². The Morgan fingerprint density at radius 1 is 1.24 bits per heavy atom. The summed E-state index contributed by atoms with van der Waals surface area (Å²) in [5, 5.41) is 9.25. The highest BCUT2D eigenvalue weighted by molar-refractivity contribution is 5.74. The molecule has 0 atom stereocenters. The number of carbonyl (C=O) groups excluding carboxylic acids is 1. The van der Waals surface area contributed by atoms with E-state index >= 15 is 0 Å². The van der Waals surface area contributed by atoms with E-state index in [9.17, 15) is 14.7 Å². The van der Waals surface area contributed by atoms with Crippen LogP contribution in [0.3, 0.4) is 0 Å². The summed E-state index contributed by atoms with van der Waals surface area (Å²) in [6.45, 7) is 6.24. The van der Waals surface area contributed by atoms with Crippen molar-refractivity contribution in [1.82, 2.24) is 4.90 Å². The fraction of sp³-hybridized carbons (Fsp3) is 0.500. The van der Waals surface area contributed by atoms with Crippen LogP contribution in [-0.4, -0.2) is 41.6 Å². The number of esters is 1. The zero-order chi connectivity index (χ0) is 15.9. The first kappa shape index (κ1) is 17.2. The first-order valence-electron chi connectivity index (χ1n) is 7.00. The van der Waals surface area contributed by atoms with Gasteiger partial charge < -0.3 is 9.84 Å². The Bertz CT molecular complexity index is 470. The van der Waals surface area contributed by atoms with Crippen LogP contribution in [0.2, 0.25) is 0 Å². The number of ether oxygens (including phenoxy) is 1. The van der Waals surface area contributed by atoms with Gasteiger partial charge in [-0.2, -0.15) is 0 Å². The van der Waals surface area contributed by atoms with Gasteiger partial charge in [-0.25, -0.2) is 0 Å². The predicted molar refractivity (Wildman–Crippen MR) is 79.8 cm³/mol. The molecule has 1 N–H and O–H groups in total. The van der Waals surface area contributed by atoms with Crippen LogP contribution >= 0.6 is 0 Å². The number of aliphatic carboxylic acids is 1. The zero-order valence-corrected chi connectivity index (χ0v) is 12.8. The number of benzene rings is 1. The largest absolute Gasteiger partial charge is 0.481 e. The van der Waals surface area contributed by atoms with Crippen LogP contribution in [0.5, 0.6) is 0 Å². The molecule has 1 aromatic carbocycles. The van der Waals surface area contributed by atoms with Crippen molar-refractivity contribution in [3.63, 3.8) is 0 Å². The number of hydrogen-bond acceptors (Lipinski definition) is 4. The maximum Gasteiger partial charge on any atom is 0.320 e. The molecule has 0 fully saturated rings. The fourth-order valence-electron chi connectivity index (χ4n) is 2.03.